The molecule has 0 aliphatic carbocycles. The van der Waals surface area contributed by atoms with Crippen molar-refractivity contribution in [2.45, 2.75) is 33.1 Å². The van der Waals surface area contributed by atoms with Crippen LogP contribution in [0.15, 0.2) is 59.7 Å². The van der Waals surface area contributed by atoms with Crippen molar-refractivity contribution in [1.29, 1.82) is 0 Å². The number of amides is 1. The van der Waals surface area contributed by atoms with Gasteiger partial charge in [-0.3, -0.25) is 18.6 Å². The van der Waals surface area contributed by atoms with E-state index in [1.807, 2.05) is 26.0 Å². The van der Waals surface area contributed by atoms with Gasteiger partial charge in [0.15, 0.2) is 0 Å². The van der Waals surface area contributed by atoms with E-state index in [4.69, 9.17) is 11.6 Å². The molecule has 1 amide bonds. The third kappa shape index (κ3) is 4.67. The minimum atomic E-state index is -0.267. The average Bonchev–Trinajstić information content (AvgIpc) is 3.12. The molecule has 0 unspecified atom stereocenters. The summed E-state index contributed by atoms with van der Waals surface area (Å²) in [5.74, 6) is 0.596. The molecule has 1 N–H and O–H groups in total. The van der Waals surface area contributed by atoms with Gasteiger partial charge in [-0.2, -0.15) is 0 Å². The summed E-state index contributed by atoms with van der Waals surface area (Å²) in [5, 5.41) is 11.8. The number of rotatable bonds is 6. The zero-order valence-electron chi connectivity index (χ0n) is 17.3. The molecule has 0 atom stereocenters. The van der Waals surface area contributed by atoms with Crippen LogP contribution in [-0.2, 0) is 11.2 Å². The largest absolute Gasteiger partial charge is 0.326 e. The zero-order valence-corrected chi connectivity index (χ0v) is 18.1. The normalized spacial score (nSPS) is 11.1. The van der Waals surface area contributed by atoms with E-state index < -0.39 is 0 Å². The lowest BCUT2D eigenvalue weighted by Gasteiger charge is -2.08. The third-order valence-electron chi connectivity index (χ3n) is 4.96. The van der Waals surface area contributed by atoms with Crippen molar-refractivity contribution >= 4 is 28.8 Å². The van der Waals surface area contributed by atoms with Crippen LogP contribution in [0.25, 0.3) is 11.3 Å². The summed E-state index contributed by atoms with van der Waals surface area (Å²) in [4.78, 5) is 25.1. The molecule has 31 heavy (non-hydrogen) atoms. The Hall–Kier alpha value is -3.45. The Labute approximate surface area is 184 Å². The fourth-order valence-electron chi connectivity index (χ4n) is 3.59. The fraction of sp³-hybridized carbons (Fsp3) is 0.217. The molecule has 2 heterocycles. The first-order chi connectivity index (χ1) is 14.9. The molecule has 0 aliphatic rings. The van der Waals surface area contributed by atoms with Crippen molar-refractivity contribution in [2.24, 2.45) is 0 Å². The summed E-state index contributed by atoms with van der Waals surface area (Å²) in [6, 6.07) is 13.0. The number of hydrogen-bond donors (Lipinski definition) is 1. The van der Waals surface area contributed by atoms with Crippen LogP contribution in [0.4, 0.5) is 5.69 Å². The molecule has 0 spiro atoms. The SMILES string of the molecule is Cc1cc(C)cc(NC(=O)CCCc2nnc3c(=O)n(-c4ccc(Cl)cc4)ccn23)c1. The van der Waals surface area contributed by atoms with Gasteiger partial charge in [0.2, 0.25) is 11.6 Å². The van der Waals surface area contributed by atoms with Crippen molar-refractivity contribution in [3.63, 3.8) is 0 Å². The van der Waals surface area contributed by atoms with Crippen LogP contribution in [0.1, 0.15) is 29.8 Å². The number of halogens is 1. The number of aromatic nitrogens is 4. The van der Waals surface area contributed by atoms with Crippen LogP contribution in [0.3, 0.4) is 0 Å². The summed E-state index contributed by atoms with van der Waals surface area (Å²) in [6.45, 7) is 4.00. The van der Waals surface area contributed by atoms with Gasteiger partial charge >= 0.3 is 5.56 Å². The highest BCUT2D eigenvalue weighted by molar-refractivity contribution is 6.30. The minimum Gasteiger partial charge on any atom is -0.326 e. The van der Waals surface area contributed by atoms with Crippen LogP contribution in [0, 0.1) is 13.8 Å². The van der Waals surface area contributed by atoms with E-state index in [0.29, 0.717) is 35.8 Å². The Morgan fingerprint density at radius 3 is 2.45 bits per heavy atom. The molecule has 2 aromatic heterocycles. The number of hydrogen-bond acceptors (Lipinski definition) is 4. The number of aryl methyl sites for hydroxylation is 3. The summed E-state index contributed by atoms with van der Waals surface area (Å²) in [7, 11) is 0. The standard InChI is InChI=1S/C23H22ClN5O2/c1-15-12-16(2)14-18(13-15)25-21(30)5-3-4-20-26-27-22-23(31)28(10-11-29(20)22)19-8-6-17(24)7-9-19/h6-14H,3-5H2,1-2H3,(H,25,30). The zero-order chi connectivity index (χ0) is 22.0. The Kier molecular flexibility index (Phi) is 5.86. The van der Waals surface area contributed by atoms with Gasteiger partial charge in [-0.25, -0.2) is 0 Å². The molecule has 0 saturated heterocycles. The van der Waals surface area contributed by atoms with Crippen LogP contribution in [-0.4, -0.2) is 25.1 Å². The maximum absolute atomic E-state index is 12.8. The van der Waals surface area contributed by atoms with Gasteiger partial charge in [-0.1, -0.05) is 17.7 Å². The summed E-state index contributed by atoms with van der Waals surface area (Å²) >= 11 is 5.92. The lowest BCUT2D eigenvalue weighted by atomic mass is 10.1. The van der Waals surface area contributed by atoms with E-state index in [1.165, 1.54) is 4.57 Å². The molecule has 7 nitrogen and oxygen atoms in total. The predicted molar refractivity (Wildman–Crippen MR) is 121 cm³/mol. The molecule has 0 fully saturated rings. The first-order valence-corrected chi connectivity index (χ1v) is 10.4. The Balaban J connectivity index is 1.43. The number of nitrogens with zero attached hydrogens (tertiary/aromatic N) is 4. The molecule has 8 heteroatoms. The molecule has 4 rings (SSSR count). The van der Waals surface area contributed by atoms with Crippen molar-refractivity contribution < 1.29 is 4.79 Å². The first kappa shape index (κ1) is 20.8. The van der Waals surface area contributed by atoms with Crippen LogP contribution < -0.4 is 10.9 Å². The molecule has 0 saturated carbocycles. The van der Waals surface area contributed by atoms with Crippen LogP contribution in [0.2, 0.25) is 5.02 Å². The minimum absolute atomic E-state index is 0.0519. The summed E-state index contributed by atoms with van der Waals surface area (Å²) in [6.07, 6.45) is 4.92. The quantitative estimate of drug-likeness (QED) is 0.494. The van der Waals surface area contributed by atoms with Gasteiger partial charge in [0.05, 0.1) is 0 Å². The molecule has 0 radical (unpaired) electrons. The number of nitrogens with one attached hydrogen (secondary N) is 1. The van der Waals surface area contributed by atoms with E-state index >= 15 is 0 Å². The monoisotopic (exact) mass is 435 g/mol. The average molecular weight is 436 g/mol. The second-order valence-corrected chi connectivity index (χ2v) is 7.97. The molecule has 0 bridgehead atoms. The van der Waals surface area contributed by atoms with Crippen molar-refractivity contribution in [1.82, 2.24) is 19.2 Å². The summed E-state index contributed by atoms with van der Waals surface area (Å²) < 4.78 is 3.18. The Bertz CT molecular complexity index is 1290. The van der Waals surface area contributed by atoms with Crippen molar-refractivity contribution in [2.75, 3.05) is 5.32 Å². The van der Waals surface area contributed by atoms with Gasteiger partial charge in [0.1, 0.15) is 5.82 Å². The molecular weight excluding hydrogens is 414 g/mol. The maximum Gasteiger partial charge on any atom is 0.300 e. The Morgan fingerprint density at radius 1 is 1.03 bits per heavy atom. The highest BCUT2D eigenvalue weighted by Crippen LogP contribution is 2.15. The lowest BCUT2D eigenvalue weighted by Crippen LogP contribution is -2.20. The first-order valence-electron chi connectivity index (χ1n) is 10.00. The maximum atomic E-state index is 12.8. The van der Waals surface area contributed by atoms with Gasteiger partial charge in [-0.05, 0) is 67.8 Å². The Morgan fingerprint density at radius 2 is 1.74 bits per heavy atom. The number of carbonyl (C=O) groups is 1. The smallest absolute Gasteiger partial charge is 0.300 e. The number of carbonyl (C=O) groups excluding carboxylic acids is 1. The lowest BCUT2D eigenvalue weighted by molar-refractivity contribution is -0.116. The summed E-state index contributed by atoms with van der Waals surface area (Å²) in [5.41, 5.74) is 3.69. The second-order valence-electron chi connectivity index (χ2n) is 7.54. The molecule has 158 valence electrons. The fourth-order valence-corrected chi connectivity index (χ4v) is 3.71. The molecule has 4 aromatic rings. The van der Waals surface area contributed by atoms with E-state index in [9.17, 15) is 9.59 Å². The van der Waals surface area contributed by atoms with Gasteiger partial charge < -0.3 is 5.32 Å². The van der Waals surface area contributed by atoms with Crippen LogP contribution in [0.5, 0.6) is 0 Å². The van der Waals surface area contributed by atoms with E-state index in [0.717, 1.165) is 16.8 Å². The number of fused-ring (bicyclic) bond motifs is 1. The van der Waals surface area contributed by atoms with E-state index in [2.05, 4.69) is 21.6 Å². The van der Waals surface area contributed by atoms with Gasteiger partial charge in [0.25, 0.3) is 0 Å². The van der Waals surface area contributed by atoms with Gasteiger partial charge in [0, 0.05) is 41.6 Å². The molecule has 0 aliphatic heterocycles. The van der Waals surface area contributed by atoms with Crippen LogP contribution >= 0.6 is 11.6 Å². The molecular formula is C23H22ClN5O2. The van der Waals surface area contributed by atoms with Crippen molar-refractivity contribution in [3.05, 3.63) is 87.2 Å². The second kappa shape index (κ2) is 8.73. The molecule has 2 aromatic carbocycles. The number of anilines is 1. The van der Waals surface area contributed by atoms with Crippen molar-refractivity contribution in [3.8, 4) is 5.69 Å². The van der Waals surface area contributed by atoms with E-state index in [-0.39, 0.29) is 17.1 Å². The highest BCUT2D eigenvalue weighted by atomic mass is 35.5. The van der Waals surface area contributed by atoms with Gasteiger partial charge in [-0.15, -0.1) is 10.2 Å². The topological polar surface area (TPSA) is 81.3 Å². The predicted octanol–water partition coefficient (Wildman–Crippen LogP) is 4.11. The number of benzene rings is 2. The van der Waals surface area contributed by atoms with E-state index in [1.54, 1.807) is 41.1 Å². The highest BCUT2D eigenvalue weighted by Gasteiger charge is 2.12. The third-order valence-corrected chi connectivity index (χ3v) is 5.21.